The van der Waals surface area contributed by atoms with Gasteiger partial charge in [0.25, 0.3) is 0 Å². The largest absolute Gasteiger partial charge is 0.481 e. The summed E-state index contributed by atoms with van der Waals surface area (Å²) in [5.74, 6) is -1.35. The molecule has 128 valence electrons. The summed E-state index contributed by atoms with van der Waals surface area (Å²) in [6.07, 6.45) is 4.76. The van der Waals surface area contributed by atoms with Crippen molar-refractivity contribution < 1.29 is 23.1 Å². The first kappa shape index (κ1) is 18.9. The third-order valence-corrected chi connectivity index (χ3v) is 5.64. The molecule has 1 atom stereocenters. The van der Waals surface area contributed by atoms with E-state index in [1.165, 1.54) is 0 Å². The molecule has 1 saturated heterocycles. The third kappa shape index (κ3) is 7.24. The Kier molecular flexibility index (Phi) is 7.85. The first-order valence-electron chi connectivity index (χ1n) is 8.04. The number of aliphatic carboxylic acids is 1. The molecule has 0 aromatic rings. The van der Waals surface area contributed by atoms with Crippen molar-refractivity contribution in [3.8, 4) is 0 Å². The molecule has 1 rings (SSSR count). The maximum absolute atomic E-state index is 12.2. The highest BCUT2D eigenvalue weighted by molar-refractivity contribution is 7.92. The third-order valence-electron chi connectivity index (χ3n) is 4.04. The lowest BCUT2D eigenvalue weighted by molar-refractivity contribution is -0.137. The molecule has 1 aliphatic heterocycles. The second kappa shape index (κ2) is 9.12. The van der Waals surface area contributed by atoms with Gasteiger partial charge in [0, 0.05) is 19.5 Å². The summed E-state index contributed by atoms with van der Waals surface area (Å²) in [6.45, 7) is 3.06. The number of carbonyl (C=O) groups is 2. The number of hydrogen-bond donors (Lipinski definition) is 1. The molecule has 0 aliphatic carbocycles. The Morgan fingerprint density at radius 1 is 1.27 bits per heavy atom. The number of unbranched alkanes of at least 4 members (excludes halogenated alkanes) is 2. The summed E-state index contributed by atoms with van der Waals surface area (Å²) in [4.78, 5) is 24.4. The van der Waals surface area contributed by atoms with Gasteiger partial charge in [0.15, 0.2) is 9.84 Å². The van der Waals surface area contributed by atoms with E-state index in [0.29, 0.717) is 25.9 Å². The van der Waals surface area contributed by atoms with Gasteiger partial charge in [-0.1, -0.05) is 19.8 Å². The Balaban J connectivity index is 2.45. The second-order valence-electron chi connectivity index (χ2n) is 6.08. The van der Waals surface area contributed by atoms with Crippen LogP contribution < -0.4 is 0 Å². The Morgan fingerprint density at radius 2 is 2.00 bits per heavy atom. The van der Waals surface area contributed by atoms with E-state index in [1.54, 1.807) is 4.90 Å². The van der Waals surface area contributed by atoms with E-state index in [-0.39, 0.29) is 24.0 Å². The molecule has 0 radical (unpaired) electrons. The van der Waals surface area contributed by atoms with Crippen molar-refractivity contribution in [3.05, 3.63) is 0 Å². The molecule has 1 N–H and O–H groups in total. The molecule has 1 aliphatic rings. The van der Waals surface area contributed by atoms with Crippen LogP contribution in [0.2, 0.25) is 0 Å². The van der Waals surface area contributed by atoms with Gasteiger partial charge in [0.2, 0.25) is 5.91 Å². The average molecular weight is 333 g/mol. The van der Waals surface area contributed by atoms with E-state index in [1.807, 2.05) is 6.92 Å². The zero-order chi connectivity index (χ0) is 16.6. The lowest BCUT2D eigenvalue weighted by Crippen LogP contribution is -2.43. The normalized spacial score (nSPS) is 19.1. The number of carbonyl (C=O) groups excluding carboxylic acids is 1. The summed E-state index contributed by atoms with van der Waals surface area (Å²) in [5, 5.41) is 8.71. The van der Waals surface area contributed by atoms with Crippen LogP contribution in [0.5, 0.6) is 0 Å². The molecular formula is C15H27NO5S. The van der Waals surface area contributed by atoms with Crippen LogP contribution in [0.4, 0.5) is 0 Å². The molecule has 1 amide bonds. The minimum Gasteiger partial charge on any atom is -0.481 e. The first-order valence-corrected chi connectivity index (χ1v) is 9.86. The number of amides is 1. The molecular weight excluding hydrogens is 306 g/mol. The lowest BCUT2D eigenvalue weighted by Gasteiger charge is -2.32. The van der Waals surface area contributed by atoms with Crippen molar-refractivity contribution in [3.63, 3.8) is 0 Å². The number of piperidine rings is 1. The molecule has 0 spiro atoms. The van der Waals surface area contributed by atoms with Gasteiger partial charge in [-0.15, -0.1) is 0 Å². The van der Waals surface area contributed by atoms with Crippen molar-refractivity contribution in [1.82, 2.24) is 4.90 Å². The smallest absolute Gasteiger partial charge is 0.303 e. The fourth-order valence-electron chi connectivity index (χ4n) is 2.78. The summed E-state index contributed by atoms with van der Waals surface area (Å²) in [5.41, 5.74) is 0. The van der Waals surface area contributed by atoms with Crippen LogP contribution in [-0.2, 0) is 19.4 Å². The Morgan fingerprint density at radius 3 is 2.64 bits per heavy atom. The van der Waals surface area contributed by atoms with E-state index in [9.17, 15) is 18.0 Å². The van der Waals surface area contributed by atoms with E-state index in [0.717, 1.165) is 25.7 Å². The van der Waals surface area contributed by atoms with Crippen LogP contribution in [0, 0.1) is 5.92 Å². The standard InChI is InChI=1S/C15H27NO5S/c1-2-3-4-10-22(20,21)12-14(17)16-9-5-6-13(11-16)7-8-15(18)19/h13H,2-12H2,1H3,(H,18,19). The molecule has 0 aromatic carbocycles. The van der Waals surface area contributed by atoms with Crippen molar-refractivity contribution in [2.75, 3.05) is 24.6 Å². The van der Waals surface area contributed by atoms with Gasteiger partial charge in [0.1, 0.15) is 5.75 Å². The topological polar surface area (TPSA) is 91.8 Å². The zero-order valence-corrected chi connectivity index (χ0v) is 14.1. The highest BCUT2D eigenvalue weighted by atomic mass is 32.2. The predicted molar refractivity (Wildman–Crippen MR) is 84.4 cm³/mol. The summed E-state index contributed by atoms with van der Waals surface area (Å²) < 4.78 is 23.9. The van der Waals surface area contributed by atoms with Crippen LogP contribution in [0.1, 0.15) is 51.9 Å². The molecule has 1 unspecified atom stereocenters. The minimum absolute atomic E-state index is 0.0723. The van der Waals surface area contributed by atoms with E-state index < -0.39 is 21.6 Å². The summed E-state index contributed by atoms with van der Waals surface area (Å²) in [6, 6.07) is 0. The van der Waals surface area contributed by atoms with Crippen molar-refractivity contribution >= 4 is 21.7 Å². The van der Waals surface area contributed by atoms with Crippen LogP contribution in [0.15, 0.2) is 0 Å². The summed E-state index contributed by atoms with van der Waals surface area (Å²) >= 11 is 0. The van der Waals surface area contributed by atoms with E-state index >= 15 is 0 Å². The van der Waals surface area contributed by atoms with Crippen molar-refractivity contribution in [2.45, 2.75) is 51.9 Å². The number of sulfone groups is 1. The minimum atomic E-state index is -3.33. The molecule has 0 aromatic heterocycles. The molecule has 1 heterocycles. The zero-order valence-electron chi connectivity index (χ0n) is 13.3. The maximum atomic E-state index is 12.2. The van der Waals surface area contributed by atoms with Gasteiger partial charge in [-0.05, 0) is 31.6 Å². The van der Waals surface area contributed by atoms with Gasteiger partial charge in [0.05, 0.1) is 5.75 Å². The Hall–Kier alpha value is -1.11. The van der Waals surface area contributed by atoms with E-state index in [4.69, 9.17) is 5.11 Å². The highest BCUT2D eigenvalue weighted by Gasteiger charge is 2.27. The Bertz CT molecular complexity index is 474. The van der Waals surface area contributed by atoms with Gasteiger partial charge >= 0.3 is 5.97 Å². The summed E-state index contributed by atoms with van der Waals surface area (Å²) in [7, 11) is -3.33. The number of nitrogens with zero attached hydrogens (tertiary/aromatic N) is 1. The number of carboxylic acids is 1. The van der Waals surface area contributed by atoms with E-state index in [2.05, 4.69) is 0 Å². The SMILES string of the molecule is CCCCCS(=O)(=O)CC(=O)N1CCCC(CCC(=O)O)C1. The lowest BCUT2D eigenvalue weighted by atomic mass is 9.93. The van der Waals surface area contributed by atoms with Crippen LogP contribution in [-0.4, -0.2) is 54.9 Å². The Labute approximate surface area is 132 Å². The van der Waals surface area contributed by atoms with Crippen LogP contribution >= 0.6 is 0 Å². The van der Waals surface area contributed by atoms with Crippen LogP contribution in [0.25, 0.3) is 0 Å². The average Bonchev–Trinajstić information content (AvgIpc) is 2.45. The quantitative estimate of drug-likeness (QED) is 0.648. The van der Waals surface area contributed by atoms with Crippen molar-refractivity contribution in [1.29, 1.82) is 0 Å². The second-order valence-corrected chi connectivity index (χ2v) is 8.26. The monoisotopic (exact) mass is 333 g/mol. The molecule has 7 heteroatoms. The maximum Gasteiger partial charge on any atom is 0.303 e. The van der Waals surface area contributed by atoms with Crippen LogP contribution in [0.3, 0.4) is 0 Å². The van der Waals surface area contributed by atoms with Crippen molar-refractivity contribution in [2.24, 2.45) is 5.92 Å². The fourth-order valence-corrected chi connectivity index (χ4v) is 4.13. The fraction of sp³-hybridized carbons (Fsp3) is 0.867. The number of rotatable bonds is 9. The number of carboxylic acid groups (broad SMARTS) is 1. The number of likely N-dealkylation sites (tertiary alicyclic amines) is 1. The predicted octanol–water partition coefficient (Wildman–Crippen LogP) is 1.69. The molecule has 0 saturated carbocycles. The van der Waals surface area contributed by atoms with Gasteiger partial charge in [-0.25, -0.2) is 8.42 Å². The van der Waals surface area contributed by atoms with Gasteiger partial charge in [-0.3, -0.25) is 9.59 Å². The molecule has 6 nitrogen and oxygen atoms in total. The van der Waals surface area contributed by atoms with Gasteiger partial charge in [-0.2, -0.15) is 0 Å². The molecule has 22 heavy (non-hydrogen) atoms. The van der Waals surface area contributed by atoms with Gasteiger partial charge < -0.3 is 10.0 Å². The molecule has 0 bridgehead atoms. The molecule has 1 fully saturated rings. The number of hydrogen-bond acceptors (Lipinski definition) is 4. The first-order chi connectivity index (χ1) is 10.3. The highest BCUT2D eigenvalue weighted by Crippen LogP contribution is 2.21.